The molecule has 0 aliphatic carbocycles. The van der Waals surface area contributed by atoms with Gasteiger partial charge in [0.05, 0.1) is 0 Å². The zero-order chi connectivity index (χ0) is 21.7. The predicted molar refractivity (Wildman–Crippen MR) is 106 cm³/mol. The van der Waals surface area contributed by atoms with Gasteiger partial charge in [0.1, 0.15) is 0 Å². The number of nitrogens with zero attached hydrogens (tertiary/aromatic N) is 2. The first kappa shape index (κ1) is 19.4. The Morgan fingerprint density at radius 3 is 2.87 bits per heavy atom. The van der Waals surface area contributed by atoms with Crippen molar-refractivity contribution in [2.45, 2.75) is 45.4 Å². The van der Waals surface area contributed by atoms with Crippen molar-refractivity contribution in [3.63, 3.8) is 0 Å². The molecule has 3 aliphatic rings. The van der Waals surface area contributed by atoms with Crippen molar-refractivity contribution in [1.29, 1.82) is 0 Å². The maximum atomic E-state index is 14.6. The maximum absolute atomic E-state index is 14.6. The number of hydrogen-bond acceptors (Lipinski definition) is 5. The average molecular weight is 533 g/mol. The second-order valence-electron chi connectivity index (χ2n) is 8.28. The van der Waals surface area contributed by atoms with E-state index < -0.39 is 11.6 Å². The van der Waals surface area contributed by atoms with Crippen LogP contribution in [0.15, 0.2) is 16.9 Å². The van der Waals surface area contributed by atoms with Crippen molar-refractivity contribution in [2.75, 3.05) is 4.43 Å². The van der Waals surface area contributed by atoms with Crippen LogP contribution in [0, 0.1) is 16.3 Å². The first-order chi connectivity index (χ1) is 14.8. The Balaban J connectivity index is 1.68. The standard InChI is InChI=1S/C23H19FIN2O4/c1-3-23(30)14-6-17-20-12(8-27(17)21(28)13(14)9-31-22(23)29)19-18-11(4-5-25-19)10(2)15(24)7-16(18)26-20/h6-7,30H,3-5,8-9H2,1-2H3/q-1/t23-/m0/s1. The summed E-state index contributed by atoms with van der Waals surface area (Å²) in [5.74, 6) is -0.996. The Hall–Kier alpha value is -2.33. The average Bonchev–Trinajstić information content (AvgIpc) is 3.14. The van der Waals surface area contributed by atoms with Gasteiger partial charge in [-0.25, -0.2) is 0 Å². The number of alkyl halides is 1. The number of cyclic esters (lactones) is 1. The van der Waals surface area contributed by atoms with E-state index in [-0.39, 0.29) is 45.6 Å². The molecule has 6 rings (SSSR count). The molecule has 6 nitrogen and oxygen atoms in total. The van der Waals surface area contributed by atoms with Gasteiger partial charge in [-0.1, -0.05) is 0 Å². The van der Waals surface area contributed by atoms with Crippen LogP contribution in [0.2, 0.25) is 0 Å². The fraction of sp³-hybridized carbons (Fsp3) is 0.348. The Bertz CT molecular complexity index is 1410. The van der Waals surface area contributed by atoms with Crippen molar-refractivity contribution in [3.05, 3.63) is 59.7 Å². The molecule has 0 spiro atoms. The molecule has 0 saturated heterocycles. The number of pyridine rings is 2. The Labute approximate surface area is 187 Å². The summed E-state index contributed by atoms with van der Waals surface area (Å²) in [6.07, 6.45) is 0.968. The van der Waals surface area contributed by atoms with Gasteiger partial charge in [0.25, 0.3) is 0 Å². The Kier molecular flexibility index (Phi) is 3.97. The van der Waals surface area contributed by atoms with Crippen LogP contribution in [0.5, 0.6) is 0 Å². The van der Waals surface area contributed by atoms with Crippen molar-refractivity contribution < 1.29 is 40.2 Å². The number of aromatic nitrogens is 2. The topological polar surface area (TPSA) is 81.4 Å². The van der Waals surface area contributed by atoms with Gasteiger partial charge in [-0.15, -0.1) is 0 Å². The van der Waals surface area contributed by atoms with E-state index >= 15 is 0 Å². The number of aliphatic hydroxyl groups is 1. The van der Waals surface area contributed by atoms with Crippen molar-refractivity contribution in [2.24, 2.45) is 0 Å². The van der Waals surface area contributed by atoms with E-state index in [0.717, 1.165) is 27.4 Å². The van der Waals surface area contributed by atoms with Crippen LogP contribution in [0.4, 0.5) is 4.39 Å². The summed E-state index contributed by atoms with van der Waals surface area (Å²) in [7, 11) is 0. The molecular weight excluding hydrogens is 514 g/mol. The molecule has 1 atom stereocenters. The van der Waals surface area contributed by atoms with E-state index in [4.69, 9.17) is 9.72 Å². The van der Waals surface area contributed by atoms with Crippen LogP contribution in [0.1, 0.15) is 41.2 Å². The number of halogens is 2. The van der Waals surface area contributed by atoms with E-state index in [9.17, 15) is 19.1 Å². The molecule has 1 N–H and O–H groups in total. The van der Waals surface area contributed by atoms with Crippen LogP contribution >= 0.6 is 0 Å². The quantitative estimate of drug-likeness (QED) is 0.200. The molecular formula is C23H19FIN2O4-. The van der Waals surface area contributed by atoms with Crippen molar-refractivity contribution in [1.82, 2.24) is 9.55 Å². The predicted octanol–water partition coefficient (Wildman–Crippen LogP) is -0.658. The summed E-state index contributed by atoms with van der Waals surface area (Å²) in [4.78, 5) is 30.5. The van der Waals surface area contributed by atoms with Gasteiger partial charge in [-0.05, 0) is 0 Å². The molecule has 160 valence electrons. The van der Waals surface area contributed by atoms with Crippen LogP contribution in [-0.4, -0.2) is 25.1 Å². The molecule has 0 saturated carbocycles. The third kappa shape index (κ3) is 2.37. The van der Waals surface area contributed by atoms with Crippen molar-refractivity contribution in [3.8, 4) is 11.4 Å². The second kappa shape index (κ2) is 6.35. The number of ether oxygens (including phenoxy) is 1. The number of carbonyl (C=O) groups is 1. The summed E-state index contributed by atoms with van der Waals surface area (Å²) in [6, 6.07) is 3.20. The third-order valence-corrected chi connectivity index (χ3v) is 9.84. The number of hydrogen-bond donors (Lipinski definition) is 1. The Morgan fingerprint density at radius 1 is 1.29 bits per heavy atom. The van der Waals surface area contributed by atoms with Gasteiger partial charge in [0, 0.05) is 0 Å². The SMILES string of the molecule is CC[C@@]1(O)C(=O)OCc2c1cc1n(c2=O)Cc2c-1nc1cc(F)c(C)c3c1c2[I-]CC3. The minimum absolute atomic E-state index is 0.101. The number of esters is 1. The van der Waals surface area contributed by atoms with Crippen molar-refractivity contribution >= 4 is 16.9 Å². The number of fused-ring (bicyclic) bond motifs is 5. The van der Waals surface area contributed by atoms with E-state index in [0.29, 0.717) is 40.1 Å². The van der Waals surface area contributed by atoms with Gasteiger partial charge in [-0.2, -0.15) is 0 Å². The fourth-order valence-corrected chi connectivity index (χ4v) is 8.24. The Morgan fingerprint density at radius 2 is 2.10 bits per heavy atom. The summed E-state index contributed by atoms with van der Waals surface area (Å²) in [5.41, 5.74) is 3.11. The van der Waals surface area contributed by atoms with Gasteiger partial charge >= 0.3 is 188 Å². The number of rotatable bonds is 1. The zero-order valence-electron chi connectivity index (χ0n) is 17.0. The molecule has 0 amide bonds. The molecule has 2 aromatic heterocycles. The van der Waals surface area contributed by atoms with Gasteiger partial charge in [0.2, 0.25) is 0 Å². The first-order valence-corrected chi connectivity index (χ1v) is 12.9. The molecule has 3 aromatic rings. The molecule has 0 unspecified atom stereocenters. The van der Waals surface area contributed by atoms with Crippen LogP contribution in [0.3, 0.4) is 0 Å². The zero-order valence-corrected chi connectivity index (χ0v) is 19.2. The van der Waals surface area contributed by atoms with E-state index in [1.54, 1.807) is 17.6 Å². The molecule has 1 aromatic carbocycles. The van der Waals surface area contributed by atoms with Crippen LogP contribution in [0.25, 0.3) is 22.3 Å². The molecule has 0 radical (unpaired) electrons. The molecule has 8 heteroatoms. The van der Waals surface area contributed by atoms with Gasteiger partial charge in [-0.3, -0.25) is 0 Å². The molecule has 0 fully saturated rings. The number of benzene rings is 1. The first-order valence-electron chi connectivity index (χ1n) is 10.3. The summed E-state index contributed by atoms with van der Waals surface area (Å²) in [5, 5.41) is 12.1. The minimum atomic E-state index is -1.85. The summed E-state index contributed by atoms with van der Waals surface area (Å²) >= 11 is -0.284. The number of aryl methyl sites for hydroxylation is 1. The molecule has 0 bridgehead atoms. The fourth-order valence-electron chi connectivity index (χ4n) is 5.03. The normalized spacial score (nSPS) is 21.2. The van der Waals surface area contributed by atoms with Gasteiger partial charge in [0.15, 0.2) is 0 Å². The van der Waals surface area contributed by atoms with E-state index in [1.165, 1.54) is 9.64 Å². The second-order valence-corrected chi connectivity index (χ2v) is 11.2. The van der Waals surface area contributed by atoms with Crippen LogP contribution < -0.4 is 26.8 Å². The van der Waals surface area contributed by atoms with E-state index in [1.807, 2.05) is 6.92 Å². The number of carbonyl (C=O) groups excluding carboxylic acids is 1. The molecule has 5 heterocycles. The summed E-state index contributed by atoms with van der Waals surface area (Å²) in [6.45, 7) is 3.77. The van der Waals surface area contributed by atoms with Gasteiger partial charge < -0.3 is 0 Å². The third-order valence-electron chi connectivity index (χ3n) is 6.81. The summed E-state index contributed by atoms with van der Waals surface area (Å²) < 4.78 is 23.7. The van der Waals surface area contributed by atoms with Crippen LogP contribution in [-0.2, 0) is 34.7 Å². The van der Waals surface area contributed by atoms with E-state index in [2.05, 4.69) is 0 Å². The molecule has 31 heavy (non-hydrogen) atoms. The molecule has 3 aliphatic heterocycles. The monoisotopic (exact) mass is 533 g/mol.